The molecular formula is C22H21FN4O. The second-order valence-electron chi connectivity index (χ2n) is 7.63. The Morgan fingerprint density at radius 2 is 2.07 bits per heavy atom. The number of aromatic nitrogens is 2. The van der Waals surface area contributed by atoms with Crippen molar-refractivity contribution in [3.8, 4) is 11.1 Å². The van der Waals surface area contributed by atoms with E-state index in [2.05, 4.69) is 10.4 Å². The Bertz CT molecular complexity index is 1070. The molecule has 0 radical (unpaired) electrons. The van der Waals surface area contributed by atoms with Gasteiger partial charge in [-0.25, -0.2) is 4.39 Å². The molecule has 1 spiro atoms. The molecule has 5 nitrogen and oxygen atoms in total. The van der Waals surface area contributed by atoms with Gasteiger partial charge in [-0.15, -0.1) is 0 Å². The molecule has 1 atom stereocenters. The molecule has 2 aliphatic heterocycles. The minimum absolute atomic E-state index is 0.0643. The molecule has 1 aromatic heterocycles. The van der Waals surface area contributed by atoms with E-state index in [1.165, 1.54) is 6.07 Å². The van der Waals surface area contributed by atoms with E-state index in [0.717, 1.165) is 35.3 Å². The molecule has 3 heterocycles. The van der Waals surface area contributed by atoms with Crippen LogP contribution in [0.5, 0.6) is 0 Å². The first-order chi connectivity index (χ1) is 13.6. The van der Waals surface area contributed by atoms with Crippen LogP contribution in [0.1, 0.15) is 17.5 Å². The van der Waals surface area contributed by atoms with Crippen LogP contribution < -0.4 is 10.2 Å². The number of para-hydroxylation sites is 1. The number of anilines is 1. The van der Waals surface area contributed by atoms with Gasteiger partial charge in [-0.3, -0.25) is 9.48 Å². The molecule has 1 unspecified atom stereocenters. The van der Waals surface area contributed by atoms with Crippen molar-refractivity contribution in [3.63, 3.8) is 0 Å². The number of nitrogens with one attached hydrogen (secondary N) is 1. The predicted octanol–water partition coefficient (Wildman–Crippen LogP) is 3.00. The molecule has 28 heavy (non-hydrogen) atoms. The van der Waals surface area contributed by atoms with Gasteiger partial charge in [-0.05, 0) is 36.2 Å². The molecule has 5 rings (SSSR count). The van der Waals surface area contributed by atoms with Crippen LogP contribution in [0.15, 0.2) is 54.9 Å². The fourth-order valence-corrected chi connectivity index (χ4v) is 4.45. The Morgan fingerprint density at radius 1 is 1.21 bits per heavy atom. The van der Waals surface area contributed by atoms with Gasteiger partial charge in [0.25, 0.3) is 0 Å². The van der Waals surface area contributed by atoms with Crippen LogP contribution in [0.2, 0.25) is 0 Å². The van der Waals surface area contributed by atoms with Crippen LogP contribution in [0, 0.1) is 5.82 Å². The minimum atomic E-state index is -0.511. The third-order valence-corrected chi connectivity index (χ3v) is 5.94. The second-order valence-corrected chi connectivity index (χ2v) is 7.63. The van der Waals surface area contributed by atoms with Crippen molar-refractivity contribution in [1.29, 1.82) is 0 Å². The molecular weight excluding hydrogens is 355 g/mol. The number of hydrogen-bond donors (Lipinski definition) is 1. The quantitative estimate of drug-likeness (QED) is 0.765. The summed E-state index contributed by atoms with van der Waals surface area (Å²) < 4.78 is 16.6. The molecule has 1 amide bonds. The number of aryl methyl sites for hydroxylation is 1. The summed E-state index contributed by atoms with van der Waals surface area (Å²) in [6.45, 7) is 1.70. The van der Waals surface area contributed by atoms with Crippen molar-refractivity contribution < 1.29 is 9.18 Å². The highest BCUT2D eigenvalue weighted by Crippen LogP contribution is 2.46. The van der Waals surface area contributed by atoms with Gasteiger partial charge in [0.2, 0.25) is 5.91 Å². The summed E-state index contributed by atoms with van der Waals surface area (Å²) >= 11 is 0. The second kappa shape index (κ2) is 6.27. The fourth-order valence-electron chi connectivity index (χ4n) is 4.45. The lowest BCUT2D eigenvalue weighted by molar-refractivity contribution is -0.122. The Hall–Kier alpha value is -2.99. The SMILES string of the molecule is Cn1cc(-c2ccc(CN3C(=O)C4(CCNC4)c4ccccc43)c(F)c2)cn1. The van der Waals surface area contributed by atoms with E-state index in [0.29, 0.717) is 12.1 Å². The van der Waals surface area contributed by atoms with E-state index >= 15 is 0 Å². The highest BCUT2D eigenvalue weighted by atomic mass is 19.1. The van der Waals surface area contributed by atoms with E-state index in [4.69, 9.17) is 0 Å². The Labute approximate surface area is 162 Å². The average molecular weight is 376 g/mol. The number of amides is 1. The van der Waals surface area contributed by atoms with Crippen molar-refractivity contribution in [3.05, 3.63) is 71.8 Å². The summed E-state index contributed by atoms with van der Waals surface area (Å²) in [6.07, 6.45) is 4.35. The smallest absolute Gasteiger partial charge is 0.239 e. The highest BCUT2D eigenvalue weighted by Gasteiger charge is 2.52. The molecule has 142 valence electrons. The summed E-state index contributed by atoms with van der Waals surface area (Å²) in [5.74, 6) is -0.244. The maximum atomic E-state index is 14.9. The normalized spacial score (nSPS) is 20.9. The largest absolute Gasteiger partial charge is 0.315 e. The van der Waals surface area contributed by atoms with Crippen molar-refractivity contribution in [2.45, 2.75) is 18.4 Å². The third-order valence-electron chi connectivity index (χ3n) is 5.94. The van der Waals surface area contributed by atoms with Crippen LogP contribution in [-0.4, -0.2) is 28.8 Å². The molecule has 2 aliphatic rings. The average Bonchev–Trinajstić information content (AvgIpc) is 3.41. The lowest BCUT2D eigenvalue weighted by Gasteiger charge is -2.23. The summed E-state index contributed by atoms with van der Waals surface area (Å²) in [4.78, 5) is 15.1. The maximum absolute atomic E-state index is 14.9. The first-order valence-electron chi connectivity index (χ1n) is 9.48. The van der Waals surface area contributed by atoms with Gasteiger partial charge in [-0.2, -0.15) is 5.10 Å². The molecule has 1 N–H and O–H groups in total. The molecule has 3 aromatic rings. The number of nitrogens with zero attached hydrogens (tertiary/aromatic N) is 3. The van der Waals surface area contributed by atoms with E-state index in [1.807, 2.05) is 43.6 Å². The van der Waals surface area contributed by atoms with Crippen LogP contribution in [0.4, 0.5) is 10.1 Å². The lowest BCUT2D eigenvalue weighted by atomic mass is 9.81. The summed E-state index contributed by atoms with van der Waals surface area (Å²) in [6, 6.07) is 13.1. The predicted molar refractivity (Wildman–Crippen MR) is 105 cm³/mol. The van der Waals surface area contributed by atoms with Gasteiger partial charge >= 0.3 is 0 Å². The zero-order chi connectivity index (χ0) is 19.3. The van der Waals surface area contributed by atoms with Crippen molar-refractivity contribution in [1.82, 2.24) is 15.1 Å². The van der Waals surface area contributed by atoms with Gasteiger partial charge < -0.3 is 10.2 Å². The van der Waals surface area contributed by atoms with E-state index in [1.54, 1.807) is 21.8 Å². The van der Waals surface area contributed by atoms with Crippen LogP contribution in [0.25, 0.3) is 11.1 Å². The van der Waals surface area contributed by atoms with Gasteiger partial charge in [-0.1, -0.05) is 30.3 Å². The van der Waals surface area contributed by atoms with Crippen LogP contribution in [0.3, 0.4) is 0 Å². The Balaban J connectivity index is 1.49. The van der Waals surface area contributed by atoms with Gasteiger partial charge in [0.15, 0.2) is 0 Å². The molecule has 2 aromatic carbocycles. The maximum Gasteiger partial charge on any atom is 0.239 e. The number of fused-ring (bicyclic) bond motifs is 2. The van der Waals surface area contributed by atoms with Crippen molar-refractivity contribution >= 4 is 11.6 Å². The third kappa shape index (κ3) is 2.48. The number of hydrogen-bond acceptors (Lipinski definition) is 3. The topological polar surface area (TPSA) is 50.2 Å². The lowest BCUT2D eigenvalue weighted by Crippen LogP contribution is -2.41. The monoisotopic (exact) mass is 376 g/mol. The molecule has 1 saturated heterocycles. The minimum Gasteiger partial charge on any atom is -0.315 e. The van der Waals surface area contributed by atoms with Gasteiger partial charge in [0.05, 0.1) is 18.2 Å². The standard InChI is InChI=1S/C22H21FN4O/c1-26-12-17(11-25-26)15-6-7-16(19(23)10-15)13-27-20-5-3-2-4-18(20)22(21(27)28)8-9-24-14-22/h2-7,10-12,24H,8-9,13-14H2,1H3. The van der Waals surface area contributed by atoms with Crippen LogP contribution >= 0.6 is 0 Å². The summed E-state index contributed by atoms with van der Waals surface area (Å²) in [5.41, 5.74) is 3.59. The van der Waals surface area contributed by atoms with Gasteiger partial charge in [0.1, 0.15) is 5.82 Å². The van der Waals surface area contributed by atoms with E-state index in [-0.39, 0.29) is 18.3 Å². The summed E-state index contributed by atoms with van der Waals surface area (Å²) in [5, 5.41) is 7.46. The van der Waals surface area contributed by atoms with E-state index < -0.39 is 5.41 Å². The number of carbonyl (C=O) groups is 1. The number of halogens is 1. The summed E-state index contributed by atoms with van der Waals surface area (Å²) in [7, 11) is 1.83. The number of carbonyl (C=O) groups excluding carboxylic acids is 1. The van der Waals surface area contributed by atoms with E-state index in [9.17, 15) is 9.18 Å². The number of rotatable bonds is 3. The molecule has 0 aliphatic carbocycles. The Morgan fingerprint density at radius 3 is 2.79 bits per heavy atom. The van der Waals surface area contributed by atoms with Gasteiger partial charge in [0, 0.05) is 36.6 Å². The molecule has 0 saturated carbocycles. The number of benzene rings is 2. The molecule has 6 heteroatoms. The Kier molecular flexibility index (Phi) is 3.84. The van der Waals surface area contributed by atoms with Crippen molar-refractivity contribution in [2.75, 3.05) is 18.0 Å². The fraction of sp³-hybridized carbons (Fsp3) is 0.273. The highest BCUT2D eigenvalue weighted by molar-refractivity contribution is 6.08. The molecule has 1 fully saturated rings. The van der Waals surface area contributed by atoms with Crippen molar-refractivity contribution in [2.24, 2.45) is 7.05 Å². The first kappa shape index (κ1) is 17.1. The molecule has 0 bridgehead atoms. The van der Waals surface area contributed by atoms with Crippen LogP contribution in [-0.2, 0) is 23.8 Å². The zero-order valence-electron chi connectivity index (χ0n) is 15.7. The zero-order valence-corrected chi connectivity index (χ0v) is 15.7. The first-order valence-corrected chi connectivity index (χ1v) is 9.48.